The molecule has 3 fully saturated rings. The van der Waals surface area contributed by atoms with E-state index >= 15 is 4.39 Å². The Morgan fingerprint density at radius 2 is 1.76 bits per heavy atom. The lowest BCUT2D eigenvalue weighted by Crippen LogP contribution is -2.36. The molecular weight excluding hydrogens is 827 g/mol. The first kappa shape index (κ1) is 40.2. The number of phosphoric ester groups is 1. The Hall–Kier alpha value is -4.60. The summed E-state index contributed by atoms with van der Waals surface area (Å²) in [4.78, 5) is 62.2. The number of nitrogens with one attached hydrogen (secondary N) is 1. The number of benzene rings is 2. The molecule has 5 aromatic rings. The molecule has 0 aliphatic carbocycles. The summed E-state index contributed by atoms with van der Waals surface area (Å²) in [5.74, 6) is -0.298. The number of fused-ring (bicyclic) bond motifs is 4. The molecule has 306 valence electrons. The summed E-state index contributed by atoms with van der Waals surface area (Å²) >= 11 is 0.706. The van der Waals surface area contributed by atoms with Crippen molar-refractivity contribution in [2.45, 2.75) is 62.1 Å². The van der Waals surface area contributed by atoms with Crippen molar-refractivity contribution in [2.24, 2.45) is 0 Å². The van der Waals surface area contributed by atoms with Gasteiger partial charge in [0.1, 0.15) is 35.9 Å². The Labute approximate surface area is 330 Å². The molecule has 0 spiro atoms. The normalized spacial score (nSPS) is 30.2. The summed E-state index contributed by atoms with van der Waals surface area (Å²) in [6, 6.07) is 14.3. The number of rotatable bonds is 7. The highest BCUT2D eigenvalue weighted by Gasteiger charge is 2.53. The van der Waals surface area contributed by atoms with Gasteiger partial charge in [-0.2, -0.15) is 0 Å². The maximum atomic E-state index is 16.7. The van der Waals surface area contributed by atoms with Crippen LogP contribution in [0.2, 0.25) is 0 Å². The number of hydrogen-bond acceptors (Lipinski definition) is 17. The van der Waals surface area contributed by atoms with Gasteiger partial charge < -0.3 is 24.8 Å². The quantitative estimate of drug-likeness (QED) is 0.119. The fraction of sp³-hybridized carbons (Fsp3) is 0.353. The number of alkyl halides is 1. The van der Waals surface area contributed by atoms with Crippen LogP contribution in [0.15, 0.2) is 83.0 Å². The van der Waals surface area contributed by atoms with Crippen molar-refractivity contribution in [3.8, 4) is 5.75 Å². The van der Waals surface area contributed by atoms with E-state index in [0.29, 0.717) is 22.5 Å². The fourth-order valence-corrected chi connectivity index (χ4v) is 10.8. The van der Waals surface area contributed by atoms with Crippen LogP contribution in [0.25, 0.3) is 11.2 Å². The first-order valence-electron chi connectivity index (χ1n) is 17.5. The van der Waals surface area contributed by atoms with Gasteiger partial charge in [0, 0.05) is 24.4 Å². The van der Waals surface area contributed by atoms with Crippen molar-refractivity contribution in [1.29, 1.82) is 0 Å². The predicted octanol–water partition coefficient (Wildman–Crippen LogP) is 3.97. The first-order valence-corrected chi connectivity index (χ1v) is 22.2. The number of phosphoric acid groups is 1. The molecule has 6 heterocycles. The minimum atomic E-state index is -5.02. The second-order valence-electron chi connectivity index (χ2n) is 13.4. The number of hydrogen-bond donors (Lipinski definition) is 3. The van der Waals surface area contributed by atoms with Crippen LogP contribution >= 0.6 is 26.0 Å². The zero-order chi connectivity index (χ0) is 40.8. The summed E-state index contributed by atoms with van der Waals surface area (Å²) in [6.45, 7) is -3.84. The molecule has 2 aromatic carbocycles. The number of anilines is 1. The van der Waals surface area contributed by atoms with Crippen LogP contribution in [0.3, 0.4) is 0 Å². The lowest BCUT2D eigenvalue weighted by atomic mass is 10.1. The van der Waals surface area contributed by atoms with Crippen molar-refractivity contribution < 1.29 is 55.5 Å². The molecule has 3 aliphatic rings. The Kier molecular flexibility index (Phi) is 11.2. The van der Waals surface area contributed by atoms with Crippen molar-refractivity contribution in [1.82, 2.24) is 29.1 Å². The van der Waals surface area contributed by atoms with Crippen LogP contribution in [0.1, 0.15) is 40.4 Å². The van der Waals surface area contributed by atoms with Crippen LogP contribution in [0.4, 0.5) is 10.2 Å². The van der Waals surface area contributed by atoms with Gasteiger partial charge in [-0.15, -0.1) is 0 Å². The lowest BCUT2D eigenvalue weighted by molar-refractivity contribution is -0.0652. The van der Waals surface area contributed by atoms with E-state index in [1.165, 1.54) is 10.9 Å². The first-order chi connectivity index (χ1) is 27.7. The second kappa shape index (κ2) is 16.2. The van der Waals surface area contributed by atoms with E-state index in [1.54, 1.807) is 48.5 Å². The standard InChI is InChI=1S/C34H34FN7O13P2S/c1-18-2-6-20(7-3-18)33(44)52-21-8-4-19(5-9-21)15-58-57(48)50-13-22-12-23(31(51-22)41-11-10-25(43)40-34(41)45)54-56(46,47)49-14-24-28(55-57)26(35)32(53-24)42-17-39-27-29(36)37-16-38-30(27)42/h2-11,16-17,22-24,26,28,31-32H,12-15H2,1H3,(H,46,47)(H2,36,37,38)(H,40,43,45)/t22-,23+,24+,26+,28+,31+,32+,57+/m0/s1. The number of nitrogens with zero attached hydrogens (tertiary/aromatic N) is 5. The van der Waals surface area contributed by atoms with Gasteiger partial charge >= 0.3 is 26.3 Å². The number of H-pyrrole nitrogens is 1. The lowest BCUT2D eigenvalue weighted by Gasteiger charge is -2.27. The molecular formula is C34H34FN7O13P2S. The number of nitrogen functional groups attached to an aromatic ring is 1. The summed E-state index contributed by atoms with van der Waals surface area (Å²) in [5, 5.41) is 0. The third-order valence-corrected chi connectivity index (χ3v) is 14.0. The Balaban J connectivity index is 1.07. The third kappa shape index (κ3) is 8.57. The van der Waals surface area contributed by atoms with Gasteiger partial charge in [0.2, 0.25) is 0 Å². The zero-order valence-electron chi connectivity index (χ0n) is 30.1. The Morgan fingerprint density at radius 1 is 0.983 bits per heavy atom. The number of aryl methyl sites for hydroxylation is 1. The number of halogens is 1. The van der Waals surface area contributed by atoms with E-state index in [2.05, 4.69) is 19.9 Å². The molecule has 20 nitrogen and oxygen atoms in total. The highest BCUT2D eigenvalue weighted by atomic mass is 32.7. The second-order valence-corrected chi connectivity index (χ2v) is 18.8. The average Bonchev–Trinajstić information content (AvgIpc) is 3.88. The molecule has 3 aliphatic heterocycles. The van der Waals surface area contributed by atoms with E-state index in [9.17, 15) is 28.4 Å². The largest absolute Gasteiger partial charge is 0.472 e. The van der Waals surface area contributed by atoms with E-state index in [4.69, 9.17) is 38.0 Å². The third-order valence-electron chi connectivity index (χ3n) is 9.35. The summed E-state index contributed by atoms with van der Waals surface area (Å²) < 4.78 is 87.1. The zero-order valence-corrected chi connectivity index (χ0v) is 32.7. The molecule has 58 heavy (non-hydrogen) atoms. The Morgan fingerprint density at radius 3 is 2.52 bits per heavy atom. The molecule has 0 radical (unpaired) electrons. The molecule has 24 heteroatoms. The molecule has 4 N–H and O–H groups in total. The van der Waals surface area contributed by atoms with Crippen LogP contribution < -0.4 is 21.7 Å². The number of aromatic amines is 1. The SMILES string of the molecule is Cc1ccc(C(=O)Oc2ccc(CS[P@]3(=O)OC[C@@H]4C[C@@H](OP(=O)(O)OC[C@H]5O[C@@H](n6cnc7c(N)ncnc76)[C@H](F)[C@@H]5O3)[C@H](n3ccc(=O)[nH]c3=O)O4)cc2)cc1. The number of ether oxygens (including phenoxy) is 3. The molecule has 0 saturated carbocycles. The van der Waals surface area contributed by atoms with Gasteiger partial charge in [0.25, 0.3) is 5.56 Å². The van der Waals surface area contributed by atoms with Gasteiger partial charge in [0.15, 0.2) is 30.1 Å². The highest BCUT2D eigenvalue weighted by Crippen LogP contribution is 2.64. The number of imidazole rings is 1. The van der Waals surface area contributed by atoms with Crippen LogP contribution in [-0.2, 0) is 42.5 Å². The summed E-state index contributed by atoms with van der Waals surface area (Å²) in [7, 11) is -5.02. The molecule has 3 aromatic heterocycles. The molecule has 9 atom stereocenters. The highest BCUT2D eigenvalue weighted by molar-refractivity contribution is 8.54. The predicted molar refractivity (Wildman–Crippen MR) is 201 cm³/mol. The number of carbonyl (C=O) groups is 1. The Bertz CT molecular complexity index is 2540. The van der Waals surface area contributed by atoms with Gasteiger partial charge in [0.05, 0.1) is 31.2 Å². The molecule has 1 unspecified atom stereocenters. The molecule has 8 rings (SSSR count). The fourth-order valence-electron chi connectivity index (χ4n) is 6.48. The molecule has 2 bridgehead atoms. The topological polar surface area (TPSA) is 261 Å². The average molecular weight is 862 g/mol. The van der Waals surface area contributed by atoms with Crippen molar-refractivity contribution in [2.75, 3.05) is 18.9 Å². The number of nitrogens with two attached hydrogens (primary N) is 1. The van der Waals surface area contributed by atoms with Gasteiger partial charge in [-0.3, -0.25) is 37.0 Å². The number of aromatic nitrogens is 6. The van der Waals surface area contributed by atoms with Gasteiger partial charge in [-0.05, 0) is 48.1 Å². The van der Waals surface area contributed by atoms with Crippen molar-refractivity contribution in [3.63, 3.8) is 0 Å². The van der Waals surface area contributed by atoms with E-state index in [1.807, 2.05) is 6.92 Å². The maximum absolute atomic E-state index is 16.7. The monoisotopic (exact) mass is 861 g/mol. The van der Waals surface area contributed by atoms with Crippen molar-refractivity contribution in [3.05, 3.63) is 111 Å². The van der Waals surface area contributed by atoms with Crippen LogP contribution in [0.5, 0.6) is 5.75 Å². The molecule has 0 amide bonds. The minimum absolute atomic E-state index is 0.0144. The summed E-state index contributed by atoms with van der Waals surface area (Å²) in [5.41, 5.74) is 6.53. The smallest absolute Gasteiger partial charge is 0.423 e. The van der Waals surface area contributed by atoms with E-state index in [-0.39, 0.29) is 34.9 Å². The van der Waals surface area contributed by atoms with Crippen molar-refractivity contribution >= 4 is 49.0 Å². The van der Waals surface area contributed by atoms with Gasteiger partial charge in [-0.1, -0.05) is 29.8 Å². The van der Waals surface area contributed by atoms with E-state index < -0.39 is 88.1 Å². The minimum Gasteiger partial charge on any atom is -0.423 e. The van der Waals surface area contributed by atoms with E-state index in [0.717, 1.165) is 28.7 Å². The number of carbonyl (C=O) groups excluding carboxylic acids is 1. The van der Waals surface area contributed by atoms with Crippen LogP contribution in [0, 0.1) is 6.92 Å². The van der Waals surface area contributed by atoms with Crippen LogP contribution in [-0.4, -0.2) is 83.7 Å². The molecule has 3 saturated heterocycles. The number of esters is 1. The van der Waals surface area contributed by atoms with Gasteiger partial charge in [-0.25, -0.2) is 38.1 Å². The summed E-state index contributed by atoms with van der Waals surface area (Å²) in [6.07, 6.45) is -7.28. The maximum Gasteiger partial charge on any atom is 0.472 e.